The van der Waals surface area contributed by atoms with Gasteiger partial charge in [-0.15, -0.1) is 6.58 Å². The summed E-state index contributed by atoms with van der Waals surface area (Å²) < 4.78 is 27.9. The molecule has 0 bridgehead atoms. The van der Waals surface area contributed by atoms with Gasteiger partial charge in [0.05, 0.1) is 6.04 Å². The Bertz CT molecular complexity index is 1690. The minimum atomic E-state index is -3.91. The van der Waals surface area contributed by atoms with Crippen LogP contribution in [-0.4, -0.2) is 103 Å². The Morgan fingerprint density at radius 2 is 1.75 bits per heavy atom. The van der Waals surface area contributed by atoms with E-state index in [1.165, 1.54) is 35.9 Å². The largest absolute Gasteiger partial charge is 0.346 e. The summed E-state index contributed by atoms with van der Waals surface area (Å²) in [5.74, 6) is -2.52. The number of rotatable bonds is 17. The maximum Gasteiger partial charge on any atom is 0.315 e. The molecule has 14 nitrogen and oxygen atoms in total. The van der Waals surface area contributed by atoms with Crippen LogP contribution < -0.4 is 21.3 Å². The number of aromatic nitrogens is 1. The molecule has 55 heavy (non-hydrogen) atoms. The number of piperidine rings is 1. The van der Waals surface area contributed by atoms with Crippen LogP contribution in [0.2, 0.25) is 0 Å². The van der Waals surface area contributed by atoms with Crippen LogP contribution in [0.15, 0.2) is 42.1 Å². The second kappa shape index (κ2) is 17.5. The first kappa shape index (κ1) is 43.9. The standard InChI is InChI=1S/C40H63N7O7S/c1-10-12-18-28(32(48)35(50)42-21-11-2)43-34(49)31-30-27(39(30,6)7)24-47(31)36(51)33(40(8)19-14-13-15-20-40)45-37(52)44-29(38(3,4)5)25-46(9)55(53,54)26-17-16-22-41-23-26/h11,16-17,22-23,27-31,33H,2,10,12-15,18-21,24-25H2,1,3-9H3,(H,42,50)(H,43,49)(H2,44,45,52)/t27-,28?,29+,30-,31-,33+/m0/s1. The van der Waals surface area contributed by atoms with E-state index < -0.39 is 68.6 Å². The summed E-state index contributed by atoms with van der Waals surface area (Å²) in [6, 6.07) is -1.19. The van der Waals surface area contributed by atoms with Gasteiger partial charge in [0.1, 0.15) is 17.0 Å². The van der Waals surface area contributed by atoms with Crippen molar-refractivity contribution in [1.29, 1.82) is 0 Å². The first-order chi connectivity index (χ1) is 25.7. The van der Waals surface area contributed by atoms with Crippen LogP contribution in [0.5, 0.6) is 0 Å². The van der Waals surface area contributed by atoms with Crippen molar-refractivity contribution < 1.29 is 32.4 Å². The molecule has 4 rings (SSSR count). The maximum atomic E-state index is 14.9. The molecule has 1 saturated heterocycles. The molecule has 0 aromatic carbocycles. The fourth-order valence-corrected chi connectivity index (χ4v) is 9.56. The molecule has 3 aliphatic rings. The van der Waals surface area contributed by atoms with E-state index in [-0.39, 0.29) is 47.6 Å². The van der Waals surface area contributed by atoms with Crippen LogP contribution in [0, 0.1) is 28.1 Å². The lowest BCUT2D eigenvalue weighted by Gasteiger charge is -2.43. The van der Waals surface area contributed by atoms with Gasteiger partial charge in [-0.2, -0.15) is 4.31 Å². The van der Waals surface area contributed by atoms with Gasteiger partial charge in [-0.05, 0) is 59.5 Å². The van der Waals surface area contributed by atoms with E-state index in [2.05, 4.69) is 46.7 Å². The molecule has 0 spiro atoms. The summed E-state index contributed by atoms with van der Waals surface area (Å²) in [6.07, 6.45) is 10.0. The van der Waals surface area contributed by atoms with Gasteiger partial charge >= 0.3 is 6.03 Å². The van der Waals surface area contributed by atoms with Gasteiger partial charge in [-0.1, -0.05) is 86.6 Å². The highest BCUT2D eigenvalue weighted by Gasteiger charge is 2.70. The van der Waals surface area contributed by atoms with Crippen molar-refractivity contribution in [3.8, 4) is 0 Å². The number of hydrogen-bond donors (Lipinski definition) is 4. The van der Waals surface area contributed by atoms with Crippen molar-refractivity contribution in [1.82, 2.24) is 35.5 Å². The third-order valence-electron chi connectivity index (χ3n) is 12.2. The predicted molar refractivity (Wildman–Crippen MR) is 210 cm³/mol. The van der Waals surface area contributed by atoms with E-state index in [1.807, 2.05) is 34.6 Å². The van der Waals surface area contributed by atoms with Gasteiger partial charge in [-0.3, -0.25) is 24.2 Å². The molecule has 3 fully saturated rings. The lowest BCUT2D eigenvalue weighted by atomic mass is 9.70. The number of unbranched alkanes of at least 4 members (excludes halogenated alkanes) is 1. The number of hydrogen-bond acceptors (Lipinski definition) is 8. The smallest absolute Gasteiger partial charge is 0.315 e. The molecule has 2 aliphatic carbocycles. The summed E-state index contributed by atoms with van der Waals surface area (Å²) in [4.78, 5) is 74.7. The Labute approximate surface area is 327 Å². The van der Waals surface area contributed by atoms with Crippen LogP contribution in [0.25, 0.3) is 0 Å². The second-order valence-electron chi connectivity index (χ2n) is 17.6. The number of amides is 5. The van der Waals surface area contributed by atoms with Crippen molar-refractivity contribution in [2.24, 2.45) is 28.1 Å². The van der Waals surface area contributed by atoms with Crippen molar-refractivity contribution in [2.75, 3.05) is 26.7 Å². The van der Waals surface area contributed by atoms with Crippen LogP contribution in [0.3, 0.4) is 0 Å². The van der Waals surface area contributed by atoms with Crippen LogP contribution in [-0.2, 0) is 29.2 Å². The minimum Gasteiger partial charge on any atom is -0.346 e. The average Bonchev–Trinajstić information content (AvgIpc) is 3.43. The number of Topliss-reactive ketones (excluding diaryl/α,β-unsaturated/α-hetero) is 1. The fraction of sp³-hybridized carbons (Fsp3) is 0.700. The minimum absolute atomic E-state index is 0.0351. The van der Waals surface area contributed by atoms with Gasteiger partial charge in [0.25, 0.3) is 5.91 Å². The average molecular weight is 786 g/mol. The number of urea groups is 1. The van der Waals surface area contributed by atoms with Crippen molar-refractivity contribution in [3.05, 3.63) is 37.2 Å². The van der Waals surface area contributed by atoms with E-state index in [1.54, 1.807) is 11.0 Å². The maximum absolute atomic E-state index is 14.9. The molecule has 2 saturated carbocycles. The van der Waals surface area contributed by atoms with E-state index in [4.69, 9.17) is 0 Å². The number of nitrogens with one attached hydrogen (secondary N) is 4. The summed E-state index contributed by atoms with van der Waals surface area (Å²) in [7, 11) is -2.45. The summed E-state index contributed by atoms with van der Waals surface area (Å²) in [5, 5.41) is 11.4. The molecule has 15 heteroatoms. The summed E-state index contributed by atoms with van der Waals surface area (Å²) in [6.45, 7) is 17.8. The van der Waals surface area contributed by atoms with E-state index in [0.29, 0.717) is 25.8 Å². The molecule has 6 atom stereocenters. The van der Waals surface area contributed by atoms with Gasteiger partial charge in [-0.25, -0.2) is 13.2 Å². The molecule has 306 valence electrons. The van der Waals surface area contributed by atoms with Crippen LogP contribution in [0.4, 0.5) is 4.79 Å². The number of ketones is 1. The Kier molecular flexibility index (Phi) is 14.0. The zero-order valence-electron chi connectivity index (χ0n) is 33.9. The monoisotopic (exact) mass is 785 g/mol. The summed E-state index contributed by atoms with van der Waals surface area (Å²) in [5.41, 5.74) is -1.42. The number of nitrogens with zero attached hydrogens (tertiary/aromatic N) is 3. The van der Waals surface area contributed by atoms with Gasteiger partial charge in [0.15, 0.2) is 0 Å². The molecular weight excluding hydrogens is 723 g/mol. The van der Waals surface area contributed by atoms with Crippen molar-refractivity contribution in [3.63, 3.8) is 0 Å². The number of fused-ring (bicyclic) bond motifs is 1. The molecule has 0 radical (unpaired) electrons. The first-order valence-electron chi connectivity index (χ1n) is 19.7. The third kappa shape index (κ3) is 9.94. The molecule has 1 unspecified atom stereocenters. The number of likely N-dealkylation sites (N-methyl/N-ethyl adjacent to an activating group) is 1. The lowest BCUT2D eigenvalue weighted by Crippen LogP contribution is -2.63. The van der Waals surface area contributed by atoms with E-state index in [9.17, 15) is 32.4 Å². The molecular formula is C40H63N7O7S. The number of likely N-dealkylation sites (tertiary alicyclic amines) is 1. The lowest BCUT2D eigenvalue weighted by molar-refractivity contribution is -0.146. The highest BCUT2D eigenvalue weighted by Crippen LogP contribution is 2.65. The molecule has 1 aliphatic heterocycles. The molecule has 5 amide bonds. The van der Waals surface area contributed by atoms with Crippen molar-refractivity contribution in [2.45, 2.75) is 129 Å². The Hall–Kier alpha value is -3.85. The zero-order chi connectivity index (χ0) is 40.9. The molecule has 2 heterocycles. The number of carbonyl (C=O) groups is 5. The molecule has 1 aromatic rings. The Morgan fingerprint density at radius 1 is 1.07 bits per heavy atom. The topological polar surface area (TPSA) is 187 Å². The predicted octanol–water partition coefficient (Wildman–Crippen LogP) is 3.78. The second-order valence-corrected chi connectivity index (χ2v) is 19.7. The number of carbonyl (C=O) groups excluding carboxylic acids is 5. The van der Waals surface area contributed by atoms with Crippen molar-refractivity contribution >= 4 is 39.6 Å². The highest BCUT2D eigenvalue weighted by molar-refractivity contribution is 7.89. The van der Waals surface area contributed by atoms with Crippen LogP contribution >= 0.6 is 0 Å². The number of sulfonamides is 1. The number of pyridine rings is 1. The molecule has 1 aromatic heterocycles. The first-order valence-corrected chi connectivity index (χ1v) is 21.1. The van der Waals surface area contributed by atoms with E-state index >= 15 is 0 Å². The third-order valence-corrected chi connectivity index (χ3v) is 14.0. The zero-order valence-corrected chi connectivity index (χ0v) is 34.8. The van der Waals surface area contributed by atoms with Gasteiger partial charge < -0.3 is 26.2 Å². The normalized spacial score (nSPS) is 23.1. The van der Waals surface area contributed by atoms with Gasteiger partial charge in [0, 0.05) is 45.1 Å². The fourth-order valence-electron chi connectivity index (χ4n) is 8.41. The molecule has 4 N–H and O–H groups in total. The SMILES string of the molecule is C=CCNC(=O)C(=O)C(CCCC)NC(=O)[C@@H]1[C@@H]2[C@H](CN1C(=O)[C@@H](NC(=O)N[C@H](CN(C)S(=O)(=O)c1cccnc1)C(C)(C)C)C1(C)CCCCC1)C2(C)C. The quantitative estimate of drug-likeness (QED) is 0.136. The van der Waals surface area contributed by atoms with E-state index in [0.717, 1.165) is 25.7 Å². The highest BCUT2D eigenvalue weighted by atomic mass is 32.2. The Morgan fingerprint density at radius 3 is 2.33 bits per heavy atom. The Balaban J connectivity index is 1.59. The summed E-state index contributed by atoms with van der Waals surface area (Å²) >= 11 is 0. The van der Waals surface area contributed by atoms with Gasteiger partial charge in [0.2, 0.25) is 27.6 Å². The van der Waals surface area contributed by atoms with Crippen LogP contribution in [0.1, 0.15) is 99.8 Å².